The van der Waals surface area contributed by atoms with E-state index in [1.165, 1.54) is 18.3 Å². The highest BCUT2D eigenvalue weighted by molar-refractivity contribution is 7.91. The van der Waals surface area contributed by atoms with Gasteiger partial charge in [-0.3, -0.25) is 4.72 Å². The average Bonchev–Trinajstić information content (AvgIpc) is 2.74. The van der Waals surface area contributed by atoms with E-state index < -0.39 is 15.8 Å². The second kappa shape index (κ2) is 8.51. The Labute approximate surface area is 185 Å². The summed E-state index contributed by atoms with van der Waals surface area (Å²) >= 11 is 0. The molecule has 3 N–H and O–H groups in total. The first-order chi connectivity index (χ1) is 15.2. The average molecular weight is 452 g/mol. The summed E-state index contributed by atoms with van der Waals surface area (Å²) in [6.45, 7) is 4.03. The Morgan fingerprint density at radius 3 is 2.50 bits per heavy atom. The third-order valence-electron chi connectivity index (χ3n) is 4.95. The molecule has 0 radical (unpaired) electrons. The van der Waals surface area contributed by atoms with Gasteiger partial charge in [-0.1, -0.05) is 50.2 Å². The normalized spacial score (nSPS) is 11.8. The number of nitrogen functional groups attached to an aromatic ring is 1. The monoisotopic (exact) mass is 451 g/mol. The number of nitrogens with two attached hydrogens (primary N) is 1. The Balaban J connectivity index is 1.66. The highest BCUT2D eigenvalue weighted by atomic mass is 32.2. The highest BCUT2D eigenvalue weighted by Crippen LogP contribution is 2.30. The molecule has 0 aliphatic carbocycles. The second-order valence-electron chi connectivity index (χ2n) is 7.75. The summed E-state index contributed by atoms with van der Waals surface area (Å²) in [6, 6.07) is 14.8. The van der Waals surface area contributed by atoms with Crippen LogP contribution in [0, 0.1) is 5.82 Å². The van der Waals surface area contributed by atoms with Gasteiger partial charge in [0.25, 0.3) is 0 Å². The lowest BCUT2D eigenvalue weighted by Gasteiger charge is -2.13. The zero-order valence-corrected chi connectivity index (χ0v) is 18.4. The van der Waals surface area contributed by atoms with E-state index >= 15 is 0 Å². The molecule has 0 bridgehead atoms. The Morgan fingerprint density at radius 2 is 1.81 bits per heavy atom. The summed E-state index contributed by atoms with van der Waals surface area (Å²) < 4.78 is 42.1. The first-order valence-corrected chi connectivity index (χ1v) is 11.6. The topological polar surface area (TPSA) is 111 Å². The SMILES string of the molecule is CC(C)c1cc(-c2ccc(NS(=O)(=O)Cc3ccccc3)c(F)c2)nc2cnc(N)nc12. The molecule has 2 heterocycles. The van der Waals surface area contributed by atoms with Gasteiger partial charge in [0, 0.05) is 5.56 Å². The van der Waals surface area contributed by atoms with Crippen molar-refractivity contribution in [3.05, 3.63) is 77.7 Å². The van der Waals surface area contributed by atoms with Crippen molar-refractivity contribution in [1.29, 1.82) is 0 Å². The minimum absolute atomic E-state index is 0.120. The molecule has 0 aliphatic rings. The second-order valence-corrected chi connectivity index (χ2v) is 9.48. The zero-order valence-electron chi connectivity index (χ0n) is 17.6. The summed E-state index contributed by atoms with van der Waals surface area (Å²) in [7, 11) is -3.77. The van der Waals surface area contributed by atoms with E-state index in [1.807, 2.05) is 19.9 Å². The van der Waals surface area contributed by atoms with Crippen molar-refractivity contribution in [2.24, 2.45) is 0 Å². The van der Waals surface area contributed by atoms with Crippen LogP contribution in [0.15, 0.2) is 60.8 Å². The van der Waals surface area contributed by atoms with E-state index in [-0.39, 0.29) is 23.3 Å². The molecule has 0 aliphatic heterocycles. The number of rotatable bonds is 6. The van der Waals surface area contributed by atoms with Crippen LogP contribution >= 0.6 is 0 Å². The van der Waals surface area contributed by atoms with Crippen molar-refractivity contribution < 1.29 is 12.8 Å². The molecule has 2 aromatic carbocycles. The summed E-state index contributed by atoms with van der Waals surface area (Å²) in [5, 5.41) is 0. The molecule has 4 rings (SSSR count). The minimum atomic E-state index is -3.77. The minimum Gasteiger partial charge on any atom is -0.368 e. The van der Waals surface area contributed by atoms with Gasteiger partial charge in [0.15, 0.2) is 0 Å². The molecule has 164 valence electrons. The molecular weight excluding hydrogens is 429 g/mol. The lowest BCUT2D eigenvalue weighted by Crippen LogP contribution is -2.16. The molecule has 0 saturated heterocycles. The van der Waals surface area contributed by atoms with Gasteiger partial charge in [0.2, 0.25) is 16.0 Å². The Kier molecular flexibility index (Phi) is 5.75. The molecule has 9 heteroatoms. The highest BCUT2D eigenvalue weighted by Gasteiger charge is 2.17. The van der Waals surface area contributed by atoms with Crippen molar-refractivity contribution in [3.63, 3.8) is 0 Å². The number of anilines is 2. The number of nitrogens with zero attached hydrogens (tertiary/aromatic N) is 3. The number of aromatic nitrogens is 3. The number of halogens is 1. The fourth-order valence-corrected chi connectivity index (χ4v) is 4.61. The third-order valence-corrected chi connectivity index (χ3v) is 6.19. The Hall–Kier alpha value is -3.59. The number of hydrogen-bond acceptors (Lipinski definition) is 6. The molecular formula is C23H22FN5O2S. The van der Waals surface area contributed by atoms with Crippen LogP contribution in [0.4, 0.5) is 16.0 Å². The van der Waals surface area contributed by atoms with E-state index in [0.29, 0.717) is 27.9 Å². The Bertz CT molecular complexity index is 1390. The van der Waals surface area contributed by atoms with Crippen molar-refractivity contribution in [3.8, 4) is 11.3 Å². The number of sulfonamides is 1. The standard InChI is InChI=1S/C23H22FN5O2S/c1-14(2)17-11-20(27-21-12-26-23(25)28-22(17)21)16-8-9-19(18(24)10-16)29-32(30,31)13-15-6-4-3-5-7-15/h3-12,14,29H,13H2,1-2H3,(H2,25,26,28). The van der Waals surface area contributed by atoms with Gasteiger partial charge < -0.3 is 5.73 Å². The van der Waals surface area contributed by atoms with E-state index in [9.17, 15) is 12.8 Å². The van der Waals surface area contributed by atoms with E-state index in [2.05, 4.69) is 19.7 Å². The molecule has 0 fully saturated rings. The lowest BCUT2D eigenvalue weighted by atomic mass is 9.99. The summed E-state index contributed by atoms with van der Waals surface area (Å²) in [4.78, 5) is 12.8. The van der Waals surface area contributed by atoms with Gasteiger partial charge in [-0.15, -0.1) is 0 Å². The number of pyridine rings is 1. The first-order valence-electron chi connectivity index (χ1n) is 9.99. The fraction of sp³-hybridized carbons (Fsp3) is 0.174. The van der Waals surface area contributed by atoms with Crippen LogP contribution in [0.1, 0.15) is 30.9 Å². The van der Waals surface area contributed by atoms with E-state index in [0.717, 1.165) is 5.56 Å². The summed E-state index contributed by atoms with van der Waals surface area (Å²) in [5.41, 5.74) is 9.37. The van der Waals surface area contributed by atoms with Crippen LogP contribution in [0.2, 0.25) is 0 Å². The van der Waals surface area contributed by atoms with Crippen molar-refractivity contribution in [1.82, 2.24) is 15.0 Å². The number of nitrogens with one attached hydrogen (secondary N) is 1. The predicted molar refractivity (Wildman–Crippen MR) is 124 cm³/mol. The third kappa shape index (κ3) is 4.67. The maximum absolute atomic E-state index is 14.8. The lowest BCUT2D eigenvalue weighted by molar-refractivity contribution is 0.598. The maximum atomic E-state index is 14.8. The van der Waals surface area contributed by atoms with Gasteiger partial charge in [0.1, 0.15) is 11.3 Å². The van der Waals surface area contributed by atoms with Gasteiger partial charge in [-0.2, -0.15) is 0 Å². The van der Waals surface area contributed by atoms with Crippen LogP contribution in [-0.4, -0.2) is 23.4 Å². The number of benzene rings is 2. The van der Waals surface area contributed by atoms with Gasteiger partial charge in [-0.25, -0.2) is 27.8 Å². The fourth-order valence-electron chi connectivity index (χ4n) is 3.40. The van der Waals surface area contributed by atoms with Crippen LogP contribution < -0.4 is 10.5 Å². The first kappa shape index (κ1) is 21.6. The molecule has 4 aromatic rings. The van der Waals surface area contributed by atoms with Gasteiger partial charge in [-0.05, 0) is 35.2 Å². The van der Waals surface area contributed by atoms with Crippen LogP contribution in [0.25, 0.3) is 22.3 Å². The Morgan fingerprint density at radius 1 is 1.06 bits per heavy atom. The predicted octanol–water partition coefficient (Wildman–Crippen LogP) is 4.48. The summed E-state index contributed by atoms with van der Waals surface area (Å²) in [5.74, 6) is -0.655. The molecule has 0 atom stereocenters. The van der Waals surface area contributed by atoms with Gasteiger partial charge in [0.05, 0.1) is 28.8 Å². The van der Waals surface area contributed by atoms with Crippen LogP contribution in [0.5, 0.6) is 0 Å². The number of fused-ring (bicyclic) bond motifs is 1. The van der Waals surface area contributed by atoms with Crippen molar-refractivity contribution in [2.75, 3.05) is 10.5 Å². The smallest absolute Gasteiger partial charge is 0.237 e. The molecule has 0 unspecified atom stereocenters. The molecule has 0 amide bonds. The quantitative estimate of drug-likeness (QED) is 0.447. The largest absolute Gasteiger partial charge is 0.368 e. The van der Waals surface area contributed by atoms with Crippen molar-refractivity contribution in [2.45, 2.75) is 25.5 Å². The van der Waals surface area contributed by atoms with Gasteiger partial charge >= 0.3 is 0 Å². The van der Waals surface area contributed by atoms with Crippen molar-refractivity contribution >= 4 is 32.7 Å². The summed E-state index contributed by atoms with van der Waals surface area (Å²) in [6.07, 6.45) is 1.54. The molecule has 0 saturated carbocycles. The van der Waals surface area contributed by atoms with E-state index in [1.54, 1.807) is 36.4 Å². The molecule has 2 aromatic heterocycles. The van der Waals surface area contributed by atoms with E-state index in [4.69, 9.17) is 5.73 Å². The van der Waals surface area contributed by atoms with Crippen LogP contribution in [0.3, 0.4) is 0 Å². The number of hydrogen-bond donors (Lipinski definition) is 2. The molecule has 7 nitrogen and oxygen atoms in total. The van der Waals surface area contributed by atoms with Crippen LogP contribution in [-0.2, 0) is 15.8 Å². The molecule has 0 spiro atoms. The zero-order chi connectivity index (χ0) is 22.9. The molecule has 32 heavy (non-hydrogen) atoms. The maximum Gasteiger partial charge on any atom is 0.237 e.